The number of unbranched alkanes of at least 4 members (excludes halogenated alkanes) is 13. The summed E-state index contributed by atoms with van der Waals surface area (Å²) >= 11 is 2.31. The normalized spacial score (nSPS) is 9.90. The SMILES string of the molecule is [CH2-]CCCCCCCCCCCCCCC.[O]=[Co].[c-]1ccc(Cc2ccccc2)cc1. The van der Waals surface area contributed by atoms with Gasteiger partial charge < -0.3 is 6.92 Å². The van der Waals surface area contributed by atoms with Gasteiger partial charge in [-0.2, -0.15) is 42.3 Å². The summed E-state index contributed by atoms with van der Waals surface area (Å²) in [5.41, 5.74) is 2.69. The molecule has 0 aliphatic heterocycles. The van der Waals surface area contributed by atoms with Crippen LogP contribution in [0.1, 0.15) is 108 Å². The van der Waals surface area contributed by atoms with Crippen molar-refractivity contribution in [2.24, 2.45) is 0 Å². The van der Waals surface area contributed by atoms with Crippen LogP contribution in [0, 0.1) is 13.0 Å². The number of hydrogen-bond acceptors (Lipinski definition) is 1. The standard InChI is InChI=1S/C16H33.C13H11.Co.O/c1-3-5-7-9-11-13-15-16-14-12-10-8-6-4-2;1-3-7-12(8-4-1)11-13-9-5-2-6-10-13;;/h1,3-16H2,2H3;1,3-10H,11H2;;/q2*-1;;. The Kier molecular flexibility index (Phi) is 24.0. The van der Waals surface area contributed by atoms with Gasteiger partial charge in [0.05, 0.1) is 0 Å². The van der Waals surface area contributed by atoms with E-state index in [1.54, 1.807) is 0 Å². The minimum absolute atomic E-state index is 1.01. The quantitative estimate of drug-likeness (QED) is 0.188. The number of benzene rings is 2. The number of hydrogen-bond donors (Lipinski definition) is 0. The van der Waals surface area contributed by atoms with Crippen molar-refractivity contribution in [3.8, 4) is 0 Å². The summed E-state index contributed by atoms with van der Waals surface area (Å²) in [6.07, 6.45) is 20.8. The molecule has 0 aromatic heterocycles. The van der Waals surface area contributed by atoms with Crippen LogP contribution in [0.3, 0.4) is 0 Å². The molecule has 0 fully saturated rings. The minimum atomic E-state index is 1.01. The van der Waals surface area contributed by atoms with Crippen LogP contribution >= 0.6 is 0 Å². The van der Waals surface area contributed by atoms with Crippen molar-refractivity contribution in [1.82, 2.24) is 0 Å². The van der Waals surface area contributed by atoms with Crippen molar-refractivity contribution in [3.63, 3.8) is 0 Å². The zero-order valence-corrected chi connectivity index (χ0v) is 20.8. The van der Waals surface area contributed by atoms with Gasteiger partial charge in [-0.15, -0.1) is 0 Å². The maximum atomic E-state index is 7.94. The first kappa shape index (κ1) is 29.7. The Labute approximate surface area is 201 Å². The molecule has 0 radical (unpaired) electrons. The zero-order chi connectivity index (χ0) is 22.8. The van der Waals surface area contributed by atoms with Gasteiger partial charge in [-0.1, -0.05) is 121 Å². The Morgan fingerprint density at radius 2 is 1.06 bits per heavy atom. The van der Waals surface area contributed by atoms with Crippen molar-refractivity contribution in [1.29, 1.82) is 0 Å². The van der Waals surface area contributed by atoms with Gasteiger partial charge in [0, 0.05) is 0 Å². The second-order valence-corrected chi connectivity index (χ2v) is 8.17. The largest absolute Gasteiger partial charge is 0.184 e. The second-order valence-electron chi connectivity index (χ2n) is 8.17. The molecule has 0 bridgehead atoms. The summed E-state index contributed by atoms with van der Waals surface area (Å²) in [6, 6.07) is 21.6. The Morgan fingerprint density at radius 3 is 1.52 bits per heavy atom. The molecule has 31 heavy (non-hydrogen) atoms. The maximum Gasteiger partial charge on any atom is -0.0250 e. The predicted molar refractivity (Wildman–Crippen MR) is 131 cm³/mol. The topological polar surface area (TPSA) is 17.1 Å². The van der Waals surface area contributed by atoms with Crippen LogP contribution in [-0.2, 0) is 26.0 Å². The number of rotatable bonds is 15. The molecule has 0 amide bonds. The van der Waals surface area contributed by atoms with Gasteiger partial charge >= 0.3 is 19.5 Å². The first-order valence-electron chi connectivity index (χ1n) is 12.3. The molecule has 2 aromatic carbocycles. The molecule has 0 saturated carbocycles. The molecule has 0 spiro atoms. The van der Waals surface area contributed by atoms with E-state index >= 15 is 0 Å². The van der Waals surface area contributed by atoms with E-state index < -0.39 is 0 Å². The van der Waals surface area contributed by atoms with Crippen molar-refractivity contribution in [2.75, 3.05) is 0 Å². The molecule has 0 unspecified atom stereocenters. The van der Waals surface area contributed by atoms with Gasteiger partial charge in [0.15, 0.2) is 0 Å². The summed E-state index contributed by atoms with van der Waals surface area (Å²) in [7, 11) is 0. The smallest absolute Gasteiger partial charge is 0.0250 e. The summed E-state index contributed by atoms with van der Waals surface area (Å²) < 4.78 is 7.94. The third-order valence-electron chi connectivity index (χ3n) is 5.39. The average Bonchev–Trinajstić information content (AvgIpc) is 2.83. The minimum Gasteiger partial charge on any atom is -0.184 e. The molecular weight excluding hydrogens is 423 g/mol. The van der Waals surface area contributed by atoms with Gasteiger partial charge in [-0.3, -0.25) is 0 Å². The summed E-state index contributed by atoms with van der Waals surface area (Å²) in [5.74, 6) is 0. The third kappa shape index (κ3) is 20.4. The van der Waals surface area contributed by atoms with Crippen molar-refractivity contribution in [2.45, 2.75) is 103 Å². The Hall–Kier alpha value is -1.25. The molecule has 2 heteroatoms. The van der Waals surface area contributed by atoms with Crippen molar-refractivity contribution < 1.29 is 19.5 Å². The van der Waals surface area contributed by atoms with Crippen LogP contribution in [0.25, 0.3) is 0 Å². The summed E-state index contributed by atoms with van der Waals surface area (Å²) in [6.45, 7) is 6.16. The summed E-state index contributed by atoms with van der Waals surface area (Å²) in [5, 5.41) is 0. The molecule has 177 valence electrons. The van der Waals surface area contributed by atoms with Gasteiger partial charge in [-0.05, 0) is 12.0 Å². The Balaban J connectivity index is 0.000000544. The molecular formula is C29H44CoO-2. The van der Waals surface area contributed by atoms with Crippen LogP contribution in [0.15, 0.2) is 54.6 Å². The molecule has 1 nitrogen and oxygen atoms in total. The average molecular weight is 468 g/mol. The second kappa shape index (κ2) is 25.0. The first-order chi connectivity index (χ1) is 15.4. The molecule has 0 atom stereocenters. The van der Waals surface area contributed by atoms with Gasteiger partial charge in [0.25, 0.3) is 0 Å². The van der Waals surface area contributed by atoms with E-state index in [4.69, 9.17) is 3.87 Å². The van der Waals surface area contributed by atoms with E-state index in [9.17, 15) is 0 Å². The van der Waals surface area contributed by atoms with Crippen LogP contribution in [-0.4, -0.2) is 0 Å². The molecule has 0 aliphatic rings. The first-order valence-corrected chi connectivity index (χ1v) is 12.7. The summed E-state index contributed by atoms with van der Waals surface area (Å²) in [4.78, 5) is 0. The van der Waals surface area contributed by atoms with Crippen LogP contribution < -0.4 is 0 Å². The monoisotopic (exact) mass is 467 g/mol. The van der Waals surface area contributed by atoms with Crippen LogP contribution in [0.5, 0.6) is 0 Å². The van der Waals surface area contributed by atoms with Crippen LogP contribution in [0.2, 0.25) is 0 Å². The predicted octanol–water partition coefficient (Wildman–Crippen LogP) is 9.26. The Morgan fingerprint density at radius 1 is 0.645 bits per heavy atom. The van der Waals surface area contributed by atoms with E-state index in [0.717, 1.165) is 12.8 Å². The molecule has 0 aliphatic carbocycles. The molecule has 0 saturated heterocycles. The van der Waals surface area contributed by atoms with E-state index in [0.29, 0.717) is 0 Å². The van der Waals surface area contributed by atoms with Gasteiger partial charge in [0.2, 0.25) is 0 Å². The van der Waals surface area contributed by atoms with Gasteiger partial charge in [0.1, 0.15) is 0 Å². The van der Waals surface area contributed by atoms with E-state index in [2.05, 4.69) is 72.0 Å². The molecule has 2 aromatic rings. The van der Waals surface area contributed by atoms with Gasteiger partial charge in [-0.25, -0.2) is 0 Å². The fourth-order valence-electron chi connectivity index (χ4n) is 3.57. The molecule has 2 rings (SSSR count). The van der Waals surface area contributed by atoms with Crippen molar-refractivity contribution in [3.05, 3.63) is 78.7 Å². The fourth-order valence-corrected chi connectivity index (χ4v) is 3.57. The maximum absolute atomic E-state index is 7.94. The van der Waals surface area contributed by atoms with Crippen LogP contribution in [0.4, 0.5) is 0 Å². The third-order valence-corrected chi connectivity index (χ3v) is 5.39. The molecule has 0 heterocycles. The van der Waals surface area contributed by atoms with E-state index in [1.807, 2.05) is 18.2 Å². The Bertz CT molecular complexity index is 518. The fraction of sp³-hybridized carbons (Fsp3) is 0.552. The van der Waals surface area contributed by atoms with Crippen molar-refractivity contribution >= 4 is 0 Å². The zero-order valence-electron chi connectivity index (χ0n) is 19.8. The van der Waals surface area contributed by atoms with E-state index in [1.165, 1.54) is 94.6 Å². The molecule has 0 N–H and O–H groups in total. The van der Waals surface area contributed by atoms with E-state index in [-0.39, 0.29) is 0 Å².